The molecule has 1 fully saturated rings. The van der Waals surface area contributed by atoms with Crippen LogP contribution in [0, 0.1) is 0 Å². The topological polar surface area (TPSA) is 71.1 Å². The van der Waals surface area contributed by atoms with Gasteiger partial charge in [-0.3, -0.25) is 0 Å². The Labute approximate surface area is 332 Å². The highest BCUT2D eigenvalue weighted by atomic mass is 32.2. The predicted molar refractivity (Wildman–Crippen MR) is 228 cm³/mol. The van der Waals surface area contributed by atoms with Crippen LogP contribution < -0.4 is 9.47 Å². The van der Waals surface area contributed by atoms with E-state index in [2.05, 4.69) is 13.8 Å². The minimum Gasteiger partial charge on any atom is -0.494 e. The Morgan fingerprint density at radius 1 is 0.500 bits per heavy atom. The molecule has 0 aliphatic carbocycles. The molecule has 52 heavy (non-hydrogen) atoms. The lowest BCUT2D eigenvalue weighted by molar-refractivity contribution is 0.0384. The molecule has 2 aromatic carbocycles. The maximum Gasteiger partial charge on any atom is 0.338 e. The molecule has 0 N–H and O–H groups in total. The quantitative estimate of drug-likeness (QED) is 0.0956. The van der Waals surface area contributed by atoms with Crippen molar-refractivity contribution < 1.29 is 28.5 Å². The third kappa shape index (κ3) is 20.7. The SMILES string of the molecule is CCCCCCCCOc1ccc(C(=O)OC2CSCCCSCC(OC(=O)c3ccc(OCCCCCCCC)cc3)CSCCCSC2)cc1. The highest BCUT2D eigenvalue weighted by Crippen LogP contribution is 2.22. The first-order chi connectivity index (χ1) is 25.6. The molecule has 3 rings (SSSR count). The molecular formula is C42H64O6S4. The van der Waals surface area contributed by atoms with Gasteiger partial charge in [-0.25, -0.2) is 9.59 Å². The molecule has 0 spiro atoms. The number of ether oxygens (including phenoxy) is 4. The van der Waals surface area contributed by atoms with Crippen molar-refractivity contribution in [2.45, 2.75) is 116 Å². The van der Waals surface area contributed by atoms with Crippen LogP contribution in [-0.4, -0.2) is 83.4 Å². The molecule has 0 atom stereocenters. The zero-order chi connectivity index (χ0) is 36.9. The summed E-state index contributed by atoms with van der Waals surface area (Å²) in [7, 11) is 0. The van der Waals surface area contributed by atoms with E-state index in [4.69, 9.17) is 18.9 Å². The third-order valence-electron chi connectivity index (χ3n) is 8.63. The summed E-state index contributed by atoms with van der Waals surface area (Å²) in [5.41, 5.74) is 1.14. The minimum atomic E-state index is -0.262. The van der Waals surface area contributed by atoms with Gasteiger partial charge in [-0.1, -0.05) is 78.1 Å². The Hall–Kier alpha value is -1.62. The van der Waals surface area contributed by atoms with E-state index < -0.39 is 0 Å². The van der Waals surface area contributed by atoms with Crippen LogP contribution in [0.15, 0.2) is 48.5 Å². The number of hydrogen-bond acceptors (Lipinski definition) is 10. The molecule has 0 unspecified atom stereocenters. The van der Waals surface area contributed by atoms with Crippen LogP contribution in [0.3, 0.4) is 0 Å². The van der Waals surface area contributed by atoms with Crippen molar-refractivity contribution in [1.29, 1.82) is 0 Å². The van der Waals surface area contributed by atoms with Crippen molar-refractivity contribution in [3.8, 4) is 11.5 Å². The summed E-state index contributed by atoms with van der Waals surface area (Å²) in [4.78, 5) is 26.1. The second-order valence-corrected chi connectivity index (χ2v) is 17.9. The minimum absolute atomic E-state index is 0.121. The third-order valence-corrected chi connectivity index (χ3v) is 13.4. The van der Waals surface area contributed by atoms with E-state index in [0.29, 0.717) is 24.3 Å². The molecule has 0 amide bonds. The van der Waals surface area contributed by atoms with Gasteiger partial charge in [0.15, 0.2) is 0 Å². The van der Waals surface area contributed by atoms with Gasteiger partial charge in [0.1, 0.15) is 23.7 Å². The molecule has 0 saturated carbocycles. The molecule has 1 heterocycles. The van der Waals surface area contributed by atoms with Gasteiger partial charge in [0.05, 0.1) is 24.3 Å². The number of thioether (sulfide) groups is 4. The van der Waals surface area contributed by atoms with Crippen molar-refractivity contribution >= 4 is 59.0 Å². The van der Waals surface area contributed by atoms with E-state index in [1.165, 1.54) is 64.2 Å². The standard InChI is InChI=1S/C42H64O6S4/c1-3-5-7-9-11-13-25-45-37-21-17-35(18-22-37)41(43)47-39-31-49-27-15-29-51-33-40(34-52-30-16-28-50-32-39)48-42(44)36-19-23-38(24-20-36)46-26-14-12-10-8-6-4-2/h17-24,39-40H,3-16,25-34H2,1-2H3. The molecular weight excluding hydrogens is 729 g/mol. The lowest BCUT2D eigenvalue weighted by Crippen LogP contribution is -2.24. The van der Waals surface area contributed by atoms with Crippen LogP contribution in [0.25, 0.3) is 0 Å². The van der Waals surface area contributed by atoms with Crippen LogP contribution in [-0.2, 0) is 9.47 Å². The normalized spacial score (nSPS) is 18.0. The molecule has 10 heteroatoms. The summed E-state index contributed by atoms with van der Waals surface area (Å²) >= 11 is 7.40. The van der Waals surface area contributed by atoms with Crippen LogP contribution in [0.4, 0.5) is 0 Å². The number of carbonyl (C=O) groups is 2. The summed E-state index contributed by atoms with van der Waals surface area (Å²) < 4.78 is 23.8. The van der Waals surface area contributed by atoms with Crippen molar-refractivity contribution in [2.75, 3.05) is 59.2 Å². The summed E-state index contributed by atoms with van der Waals surface area (Å²) in [5.74, 6) is 8.26. The number of benzene rings is 2. The maximum absolute atomic E-state index is 13.0. The van der Waals surface area contributed by atoms with Gasteiger partial charge in [-0.15, -0.1) is 0 Å². The maximum atomic E-state index is 13.0. The zero-order valence-corrected chi connectivity index (χ0v) is 35.1. The van der Waals surface area contributed by atoms with E-state index in [0.717, 1.165) is 83.2 Å². The van der Waals surface area contributed by atoms with Gasteiger partial charge in [0, 0.05) is 23.0 Å². The number of esters is 2. The van der Waals surface area contributed by atoms with Crippen LogP contribution in [0.1, 0.15) is 124 Å². The van der Waals surface area contributed by atoms with E-state index in [-0.39, 0.29) is 24.1 Å². The number of carbonyl (C=O) groups excluding carboxylic acids is 2. The monoisotopic (exact) mass is 792 g/mol. The molecule has 1 aliphatic rings. The second-order valence-electron chi connectivity index (χ2n) is 13.3. The van der Waals surface area contributed by atoms with E-state index >= 15 is 0 Å². The largest absolute Gasteiger partial charge is 0.494 e. The fourth-order valence-corrected chi connectivity index (χ4v) is 10.1. The molecule has 292 valence electrons. The summed E-state index contributed by atoms with van der Waals surface area (Å²) in [5, 5.41) is 0. The van der Waals surface area contributed by atoms with Crippen molar-refractivity contribution in [1.82, 2.24) is 0 Å². The molecule has 0 aromatic heterocycles. The van der Waals surface area contributed by atoms with Gasteiger partial charge in [0.2, 0.25) is 0 Å². The van der Waals surface area contributed by atoms with Gasteiger partial charge in [-0.2, -0.15) is 47.0 Å². The van der Waals surface area contributed by atoms with E-state index in [9.17, 15) is 9.59 Å². The lowest BCUT2D eigenvalue weighted by atomic mass is 10.1. The van der Waals surface area contributed by atoms with Crippen LogP contribution in [0.2, 0.25) is 0 Å². The lowest BCUT2D eigenvalue weighted by Gasteiger charge is -2.19. The average Bonchev–Trinajstić information content (AvgIpc) is 3.16. The molecule has 6 nitrogen and oxygen atoms in total. The van der Waals surface area contributed by atoms with Crippen molar-refractivity contribution in [3.63, 3.8) is 0 Å². The fraction of sp³-hybridized carbons (Fsp3) is 0.667. The van der Waals surface area contributed by atoms with Crippen LogP contribution in [0.5, 0.6) is 11.5 Å². The summed E-state index contributed by atoms with van der Waals surface area (Å²) in [6.45, 7) is 5.89. The Balaban J connectivity index is 1.35. The Morgan fingerprint density at radius 3 is 1.17 bits per heavy atom. The van der Waals surface area contributed by atoms with E-state index in [1.807, 2.05) is 95.6 Å². The molecule has 1 aliphatic heterocycles. The van der Waals surface area contributed by atoms with E-state index in [1.54, 1.807) is 0 Å². The smallest absolute Gasteiger partial charge is 0.338 e. The van der Waals surface area contributed by atoms with Gasteiger partial charge >= 0.3 is 11.9 Å². The summed E-state index contributed by atoms with van der Waals surface area (Å²) in [6, 6.07) is 14.8. The molecule has 1 saturated heterocycles. The number of rotatable bonds is 20. The highest BCUT2D eigenvalue weighted by Gasteiger charge is 2.19. The molecule has 0 radical (unpaired) electrons. The first-order valence-electron chi connectivity index (χ1n) is 19.8. The number of hydrogen-bond donors (Lipinski definition) is 0. The number of unbranched alkanes of at least 4 members (excludes halogenated alkanes) is 10. The Morgan fingerprint density at radius 2 is 0.827 bits per heavy atom. The molecule has 2 aromatic rings. The Kier molecular flexibility index (Phi) is 25.6. The second kappa shape index (κ2) is 29.7. The average molecular weight is 793 g/mol. The fourth-order valence-electron chi connectivity index (χ4n) is 5.58. The van der Waals surface area contributed by atoms with Crippen molar-refractivity contribution in [3.05, 3.63) is 59.7 Å². The highest BCUT2D eigenvalue weighted by molar-refractivity contribution is 8.01. The van der Waals surface area contributed by atoms with Gasteiger partial charge in [-0.05, 0) is 97.2 Å². The first kappa shape index (κ1) is 44.8. The van der Waals surface area contributed by atoms with Crippen LogP contribution >= 0.6 is 47.0 Å². The van der Waals surface area contributed by atoms with Gasteiger partial charge in [0.25, 0.3) is 0 Å². The van der Waals surface area contributed by atoms with Gasteiger partial charge < -0.3 is 18.9 Å². The predicted octanol–water partition coefficient (Wildman–Crippen LogP) is 11.6. The Bertz CT molecular complexity index is 1090. The zero-order valence-electron chi connectivity index (χ0n) is 31.8. The first-order valence-corrected chi connectivity index (χ1v) is 24.4. The summed E-state index contributed by atoms with van der Waals surface area (Å²) in [6.07, 6.45) is 16.7. The molecule has 0 bridgehead atoms. The van der Waals surface area contributed by atoms with Crippen molar-refractivity contribution in [2.24, 2.45) is 0 Å².